The van der Waals surface area contributed by atoms with Gasteiger partial charge >= 0.3 is 0 Å². The van der Waals surface area contributed by atoms with Crippen molar-refractivity contribution < 1.29 is 21.9 Å². The summed E-state index contributed by atoms with van der Waals surface area (Å²) in [7, 11) is -5.61. The van der Waals surface area contributed by atoms with Crippen LogP contribution in [0.1, 0.15) is 24.6 Å². The molecule has 1 aromatic rings. The predicted molar refractivity (Wildman–Crippen MR) is 78.2 cm³/mol. The van der Waals surface area contributed by atoms with Crippen LogP contribution in [0.3, 0.4) is 0 Å². The molecule has 0 spiro atoms. The minimum atomic E-state index is -3.74. The average molecular weight is 336 g/mol. The van der Waals surface area contributed by atoms with Gasteiger partial charge in [-0.15, -0.1) is 0 Å². The fourth-order valence-electron chi connectivity index (χ4n) is 2.05. The highest BCUT2D eigenvalue weighted by Crippen LogP contribution is 2.37. The quantitative estimate of drug-likeness (QED) is 0.755. The first-order chi connectivity index (χ1) is 9.65. The molecule has 9 heteroatoms. The highest BCUT2D eigenvalue weighted by atomic mass is 32.2. The van der Waals surface area contributed by atoms with Crippen LogP contribution in [0.4, 0.5) is 0 Å². The van der Waals surface area contributed by atoms with Gasteiger partial charge in [0, 0.05) is 37.8 Å². The van der Waals surface area contributed by atoms with Crippen molar-refractivity contribution in [3.8, 4) is 0 Å². The molecule has 0 atom stereocenters. The van der Waals surface area contributed by atoms with Crippen LogP contribution in [0.15, 0.2) is 17.2 Å². The Morgan fingerprint density at radius 2 is 1.95 bits per heavy atom. The third-order valence-corrected chi connectivity index (χ3v) is 6.24. The SMILES string of the molecule is CN(CCS(C)(=O)=O)S(=O)(=O)c1cc(CO)n(C2CC2)c1. The van der Waals surface area contributed by atoms with Gasteiger partial charge in [0.15, 0.2) is 0 Å². The summed E-state index contributed by atoms with van der Waals surface area (Å²) in [4.78, 5) is 0.0921. The zero-order valence-corrected chi connectivity index (χ0v) is 13.7. The molecular weight excluding hydrogens is 316 g/mol. The van der Waals surface area contributed by atoms with Gasteiger partial charge in [-0.05, 0) is 18.9 Å². The minimum Gasteiger partial charge on any atom is -0.390 e. The molecule has 1 aromatic heterocycles. The Bertz CT molecular complexity index is 717. The second-order valence-corrected chi connectivity index (χ2v) is 9.72. The van der Waals surface area contributed by atoms with Gasteiger partial charge in [-0.3, -0.25) is 0 Å². The van der Waals surface area contributed by atoms with E-state index in [2.05, 4.69) is 0 Å². The molecule has 0 bridgehead atoms. The van der Waals surface area contributed by atoms with Crippen LogP contribution in [-0.4, -0.2) is 56.4 Å². The lowest BCUT2D eigenvalue weighted by atomic mass is 10.4. The number of sulfone groups is 1. The van der Waals surface area contributed by atoms with Crippen LogP contribution < -0.4 is 0 Å². The van der Waals surface area contributed by atoms with E-state index < -0.39 is 19.9 Å². The van der Waals surface area contributed by atoms with Crippen LogP contribution in [0.25, 0.3) is 0 Å². The Hall–Kier alpha value is -0.900. The molecule has 0 unspecified atom stereocenters. The average Bonchev–Trinajstić information content (AvgIpc) is 3.13. The van der Waals surface area contributed by atoms with Gasteiger partial charge in [0.1, 0.15) is 14.7 Å². The zero-order chi connectivity index (χ0) is 15.8. The van der Waals surface area contributed by atoms with E-state index in [0.29, 0.717) is 5.69 Å². The van der Waals surface area contributed by atoms with Gasteiger partial charge in [0.25, 0.3) is 0 Å². The molecule has 1 N–H and O–H groups in total. The molecule has 21 heavy (non-hydrogen) atoms. The first kappa shape index (κ1) is 16.5. The number of aromatic nitrogens is 1. The molecule has 1 heterocycles. The molecule has 0 radical (unpaired) electrons. The number of aliphatic hydroxyl groups excluding tert-OH is 1. The highest BCUT2D eigenvalue weighted by molar-refractivity contribution is 7.91. The molecule has 0 aromatic carbocycles. The van der Waals surface area contributed by atoms with E-state index in [1.165, 1.54) is 19.3 Å². The van der Waals surface area contributed by atoms with Crippen molar-refractivity contribution in [3.63, 3.8) is 0 Å². The van der Waals surface area contributed by atoms with Crippen LogP contribution in [0.2, 0.25) is 0 Å². The molecule has 1 aliphatic carbocycles. The maximum Gasteiger partial charge on any atom is 0.244 e. The monoisotopic (exact) mass is 336 g/mol. The molecule has 1 saturated carbocycles. The molecule has 120 valence electrons. The fraction of sp³-hybridized carbons (Fsp3) is 0.667. The van der Waals surface area contributed by atoms with E-state index >= 15 is 0 Å². The Balaban J connectivity index is 2.22. The lowest BCUT2D eigenvalue weighted by Crippen LogP contribution is -2.31. The predicted octanol–water partition coefficient (Wildman–Crippen LogP) is -0.0196. The maximum absolute atomic E-state index is 12.4. The summed E-state index contributed by atoms with van der Waals surface area (Å²) < 4.78 is 49.9. The summed E-state index contributed by atoms with van der Waals surface area (Å²) in [5.41, 5.74) is 0.563. The van der Waals surface area contributed by atoms with Crippen LogP contribution in [0.5, 0.6) is 0 Å². The van der Waals surface area contributed by atoms with Gasteiger partial charge in [-0.1, -0.05) is 0 Å². The number of sulfonamides is 1. The summed E-state index contributed by atoms with van der Waals surface area (Å²) in [6.07, 6.45) is 4.55. The summed E-state index contributed by atoms with van der Waals surface area (Å²) in [5.74, 6) is -0.223. The summed E-state index contributed by atoms with van der Waals surface area (Å²) in [5, 5.41) is 9.31. The number of nitrogens with zero attached hydrogens (tertiary/aromatic N) is 2. The Morgan fingerprint density at radius 1 is 1.33 bits per heavy atom. The molecule has 0 amide bonds. The van der Waals surface area contributed by atoms with Crippen molar-refractivity contribution in [1.82, 2.24) is 8.87 Å². The Labute approximate surface area is 125 Å². The second kappa shape index (κ2) is 5.71. The molecule has 2 rings (SSSR count). The fourth-order valence-corrected chi connectivity index (χ4v) is 4.00. The number of rotatable bonds is 7. The van der Waals surface area contributed by atoms with Crippen molar-refractivity contribution in [1.29, 1.82) is 0 Å². The smallest absolute Gasteiger partial charge is 0.244 e. The summed E-state index contributed by atoms with van der Waals surface area (Å²) in [6.45, 7) is -0.316. The van der Waals surface area contributed by atoms with E-state index in [9.17, 15) is 21.9 Å². The molecule has 7 nitrogen and oxygen atoms in total. The summed E-state index contributed by atoms with van der Waals surface area (Å²) in [6, 6.07) is 1.71. The second-order valence-electron chi connectivity index (χ2n) is 5.42. The van der Waals surface area contributed by atoms with E-state index in [1.807, 2.05) is 0 Å². The zero-order valence-electron chi connectivity index (χ0n) is 12.1. The summed E-state index contributed by atoms with van der Waals surface area (Å²) >= 11 is 0. The topological polar surface area (TPSA) is 96.7 Å². The van der Waals surface area contributed by atoms with Crippen molar-refractivity contribution in [2.45, 2.75) is 30.4 Å². The van der Waals surface area contributed by atoms with Crippen molar-refractivity contribution in [2.75, 3.05) is 25.6 Å². The van der Waals surface area contributed by atoms with E-state index in [1.54, 1.807) is 4.57 Å². The molecule has 1 fully saturated rings. The van der Waals surface area contributed by atoms with Crippen LogP contribution in [-0.2, 0) is 26.5 Å². The van der Waals surface area contributed by atoms with E-state index in [4.69, 9.17) is 0 Å². The van der Waals surface area contributed by atoms with Gasteiger partial charge in [0.05, 0.1) is 12.4 Å². The van der Waals surface area contributed by atoms with Crippen molar-refractivity contribution in [2.24, 2.45) is 0 Å². The third-order valence-electron chi connectivity index (χ3n) is 3.49. The largest absolute Gasteiger partial charge is 0.390 e. The first-order valence-electron chi connectivity index (χ1n) is 6.61. The standard InChI is InChI=1S/C12H20N2O5S2/c1-13(5-6-20(2,16)17)21(18,19)12-7-11(9-15)14(8-12)10-3-4-10/h7-8,10,15H,3-6,9H2,1-2H3. The lowest BCUT2D eigenvalue weighted by Gasteiger charge is -2.15. The number of hydrogen-bond donors (Lipinski definition) is 1. The number of hydrogen-bond acceptors (Lipinski definition) is 5. The first-order valence-corrected chi connectivity index (χ1v) is 10.1. The molecular formula is C12H20N2O5S2. The van der Waals surface area contributed by atoms with E-state index in [-0.39, 0.29) is 29.8 Å². The van der Waals surface area contributed by atoms with Crippen molar-refractivity contribution in [3.05, 3.63) is 18.0 Å². The van der Waals surface area contributed by atoms with Gasteiger partial charge in [-0.25, -0.2) is 16.8 Å². The van der Waals surface area contributed by atoms with Gasteiger partial charge in [-0.2, -0.15) is 4.31 Å². The van der Waals surface area contributed by atoms with Crippen LogP contribution in [0, 0.1) is 0 Å². The van der Waals surface area contributed by atoms with Gasteiger partial charge < -0.3 is 9.67 Å². The number of aliphatic hydroxyl groups is 1. The normalized spacial score (nSPS) is 16.6. The molecule has 0 aliphatic heterocycles. The van der Waals surface area contributed by atoms with E-state index in [0.717, 1.165) is 23.4 Å². The lowest BCUT2D eigenvalue weighted by molar-refractivity contribution is 0.270. The maximum atomic E-state index is 12.4. The Morgan fingerprint density at radius 3 is 2.43 bits per heavy atom. The highest BCUT2D eigenvalue weighted by Gasteiger charge is 2.29. The molecule has 1 aliphatic rings. The third kappa shape index (κ3) is 3.85. The van der Waals surface area contributed by atoms with Crippen molar-refractivity contribution >= 4 is 19.9 Å². The van der Waals surface area contributed by atoms with Gasteiger partial charge in [0.2, 0.25) is 10.0 Å². The Kier molecular flexibility index (Phi) is 4.48. The minimum absolute atomic E-state index is 0.0921. The van der Waals surface area contributed by atoms with Crippen LogP contribution >= 0.6 is 0 Å². The molecule has 0 saturated heterocycles.